The zero-order valence-electron chi connectivity index (χ0n) is 45.3. The SMILES string of the molecule is CC/C=C\C/C=C\C/C=C\C/C=C\C/C=C\CCCCCCCCCCCCCC(=O)NC(COC1OC(CO)C(O)C(O)C1O)C(O)CCCCCCCCCCCCCCCCCCCCCC. The van der Waals surface area contributed by atoms with E-state index in [9.17, 15) is 30.3 Å². The van der Waals surface area contributed by atoms with E-state index in [0.717, 1.165) is 70.6 Å². The van der Waals surface area contributed by atoms with Crippen molar-refractivity contribution in [3.8, 4) is 0 Å². The van der Waals surface area contributed by atoms with E-state index in [0.29, 0.717) is 12.8 Å². The van der Waals surface area contributed by atoms with Crippen molar-refractivity contribution in [2.75, 3.05) is 13.2 Å². The number of unbranched alkanes of at least 4 members (excludes halogenated alkanes) is 30. The third-order valence-electron chi connectivity index (χ3n) is 13.9. The monoisotopic (exact) mass is 986 g/mol. The van der Waals surface area contributed by atoms with E-state index in [1.165, 1.54) is 167 Å². The summed E-state index contributed by atoms with van der Waals surface area (Å²) in [5.41, 5.74) is 0. The largest absolute Gasteiger partial charge is 0.394 e. The van der Waals surface area contributed by atoms with E-state index in [-0.39, 0.29) is 12.5 Å². The second kappa shape index (κ2) is 50.4. The first kappa shape index (κ1) is 65.9. The predicted octanol–water partition coefficient (Wildman–Crippen LogP) is 14.7. The van der Waals surface area contributed by atoms with Crippen molar-refractivity contribution in [3.63, 3.8) is 0 Å². The molecule has 9 heteroatoms. The van der Waals surface area contributed by atoms with Gasteiger partial charge in [0.2, 0.25) is 5.91 Å². The van der Waals surface area contributed by atoms with Crippen molar-refractivity contribution < 1.29 is 39.8 Å². The molecule has 1 rings (SSSR count). The molecule has 0 spiro atoms. The van der Waals surface area contributed by atoms with Gasteiger partial charge in [-0.1, -0.05) is 261 Å². The van der Waals surface area contributed by atoms with Gasteiger partial charge in [-0.25, -0.2) is 0 Å². The molecule has 1 heterocycles. The second-order valence-electron chi connectivity index (χ2n) is 20.4. The van der Waals surface area contributed by atoms with Crippen molar-refractivity contribution in [2.45, 2.75) is 307 Å². The molecule has 1 aliphatic rings. The minimum Gasteiger partial charge on any atom is -0.394 e. The highest BCUT2D eigenvalue weighted by atomic mass is 16.7. The van der Waals surface area contributed by atoms with Gasteiger partial charge in [-0.2, -0.15) is 0 Å². The molecular formula is C61H111NO8. The summed E-state index contributed by atoms with van der Waals surface area (Å²) >= 11 is 0. The van der Waals surface area contributed by atoms with Crippen molar-refractivity contribution >= 4 is 5.91 Å². The van der Waals surface area contributed by atoms with Gasteiger partial charge in [0.25, 0.3) is 0 Å². The van der Waals surface area contributed by atoms with Gasteiger partial charge < -0.3 is 40.3 Å². The number of aliphatic hydroxyl groups is 5. The van der Waals surface area contributed by atoms with Crippen LogP contribution in [-0.4, -0.2) is 87.5 Å². The van der Waals surface area contributed by atoms with Crippen molar-refractivity contribution in [1.29, 1.82) is 0 Å². The molecule has 1 aliphatic heterocycles. The molecule has 6 N–H and O–H groups in total. The number of nitrogens with one attached hydrogen (secondary N) is 1. The average molecular weight is 987 g/mol. The van der Waals surface area contributed by atoms with Gasteiger partial charge in [0.15, 0.2) is 6.29 Å². The smallest absolute Gasteiger partial charge is 0.220 e. The highest BCUT2D eigenvalue weighted by Crippen LogP contribution is 2.23. The van der Waals surface area contributed by atoms with Crippen LogP contribution in [-0.2, 0) is 14.3 Å². The van der Waals surface area contributed by atoms with Crippen molar-refractivity contribution in [1.82, 2.24) is 5.32 Å². The molecule has 0 bridgehead atoms. The summed E-state index contributed by atoms with van der Waals surface area (Å²) in [5, 5.41) is 54.7. The van der Waals surface area contributed by atoms with Gasteiger partial charge in [-0.05, 0) is 57.8 Å². The topological polar surface area (TPSA) is 149 Å². The Morgan fingerprint density at radius 1 is 0.500 bits per heavy atom. The van der Waals surface area contributed by atoms with Crippen LogP contribution >= 0.6 is 0 Å². The van der Waals surface area contributed by atoms with Crippen LogP contribution in [0, 0.1) is 0 Å². The van der Waals surface area contributed by atoms with Crippen LogP contribution in [0.2, 0.25) is 0 Å². The van der Waals surface area contributed by atoms with E-state index in [1.807, 2.05) is 0 Å². The van der Waals surface area contributed by atoms with Crippen LogP contribution in [0.5, 0.6) is 0 Å². The molecule has 408 valence electrons. The predicted molar refractivity (Wildman–Crippen MR) is 295 cm³/mol. The highest BCUT2D eigenvalue weighted by Gasteiger charge is 2.44. The normalized spacial score (nSPS) is 19.8. The molecule has 1 saturated heterocycles. The Hall–Kier alpha value is -2.11. The number of hydrogen-bond donors (Lipinski definition) is 6. The van der Waals surface area contributed by atoms with E-state index in [1.54, 1.807) is 0 Å². The lowest BCUT2D eigenvalue weighted by atomic mass is 9.99. The van der Waals surface area contributed by atoms with E-state index in [2.05, 4.69) is 79.9 Å². The molecule has 0 aliphatic carbocycles. The van der Waals surface area contributed by atoms with Gasteiger partial charge in [0.1, 0.15) is 24.4 Å². The quantitative estimate of drug-likeness (QED) is 0.0261. The molecule has 70 heavy (non-hydrogen) atoms. The number of rotatable bonds is 50. The van der Waals surface area contributed by atoms with Crippen molar-refractivity contribution in [2.24, 2.45) is 0 Å². The molecule has 1 fully saturated rings. The summed E-state index contributed by atoms with van der Waals surface area (Å²) in [7, 11) is 0. The van der Waals surface area contributed by atoms with Gasteiger partial charge >= 0.3 is 0 Å². The Morgan fingerprint density at radius 2 is 0.886 bits per heavy atom. The van der Waals surface area contributed by atoms with Crippen molar-refractivity contribution in [3.05, 3.63) is 60.8 Å². The third kappa shape index (κ3) is 39.4. The van der Waals surface area contributed by atoms with Gasteiger partial charge in [0.05, 0.1) is 25.4 Å². The summed E-state index contributed by atoms with van der Waals surface area (Å²) in [5.74, 6) is -0.147. The standard InChI is InChI=1S/C61H111NO8/c1-3-5-7-9-11-13-15-17-19-21-23-25-26-27-28-29-30-31-33-35-37-39-41-43-45-47-49-51-57(65)62-54(53-69-61-60(68)59(67)58(66)56(52-63)70-61)55(64)50-48-46-44-42-40-38-36-34-32-24-22-20-18-16-14-12-10-8-6-4-2/h5,7,11,13,17,19,23,25,27-28,54-56,58-61,63-64,66-68H,3-4,6,8-10,12,14-16,18,20-22,24,26,29-53H2,1-2H3,(H,62,65)/b7-5-,13-11-,19-17-,25-23-,28-27-. The third-order valence-corrected chi connectivity index (χ3v) is 13.9. The first-order valence-electron chi connectivity index (χ1n) is 29.5. The minimum atomic E-state index is -1.56. The van der Waals surface area contributed by atoms with Crippen LogP contribution in [0.3, 0.4) is 0 Å². The Morgan fingerprint density at radius 3 is 1.31 bits per heavy atom. The lowest BCUT2D eigenvalue weighted by Crippen LogP contribution is -2.60. The molecule has 7 unspecified atom stereocenters. The van der Waals surface area contributed by atoms with E-state index in [4.69, 9.17) is 9.47 Å². The lowest BCUT2D eigenvalue weighted by Gasteiger charge is -2.40. The number of carbonyl (C=O) groups excluding carboxylic acids is 1. The summed E-state index contributed by atoms with van der Waals surface area (Å²) in [6.07, 6.45) is 61.0. The lowest BCUT2D eigenvalue weighted by molar-refractivity contribution is -0.302. The zero-order valence-corrected chi connectivity index (χ0v) is 45.3. The van der Waals surface area contributed by atoms with Crippen LogP contribution in [0.15, 0.2) is 60.8 Å². The van der Waals surface area contributed by atoms with Gasteiger partial charge in [-0.3, -0.25) is 4.79 Å². The molecule has 0 aromatic rings. The minimum absolute atomic E-state index is 0.140. The second-order valence-corrected chi connectivity index (χ2v) is 20.4. The maximum Gasteiger partial charge on any atom is 0.220 e. The number of carbonyl (C=O) groups is 1. The van der Waals surface area contributed by atoms with E-state index >= 15 is 0 Å². The zero-order chi connectivity index (χ0) is 50.8. The fourth-order valence-electron chi connectivity index (χ4n) is 9.25. The number of aliphatic hydroxyl groups excluding tert-OH is 5. The maximum atomic E-state index is 13.1. The van der Waals surface area contributed by atoms with Crippen LogP contribution in [0.1, 0.15) is 264 Å². The van der Waals surface area contributed by atoms with Crippen LogP contribution in [0.4, 0.5) is 0 Å². The van der Waals surface area contributed by atoms with E-state index < -0.39 is 49.5 Å². The van der Waals surface area contributed by atoms with Crippen LogP contribution < -0.4 is 5.32 Å². The van der Waals surface area contributed by atoms with Crippen LogP contribution in [0.25, 0.3) is 0 Å². The molecular weight excluding hydrogens is 875 g/mol. The van der Waals surface area contributed by atoms with Gasteiger partial charge in [-0.15, -0.1) is 0 Å². The highest BCUT2D eigenvalue weighted by molar-refractivity contribution is 5.76. The molecule has 0 aromatic carbocycles. The fourth-order valence-corrected chi connectivity index (χ4v) is 9.25. The number of hydrogen-bond acceptors (Lipinski definition) is 8. The van der Waals surface area contributed by atoms with Gasteiger partial charge in [0, 0.05) is 6.42 Å². The Bertz CT molecular complexity index is 1280. The molecule has 1 amide bonds. The first-order valence-corrected chi connectivity index (χ1v) is 29.5. The summed E-state index contributed by atoms with van der Waals surface area (Å²) in [6.45, 7) is 3.75. The Balaban J connectivity index is 2.20. The Labute approximate surface area is 430 Å². The average Bonchev–Trinajstić information content (AvgIpc) is 3.36. The molecule has 9 nitrogen and oxygen atoms in total. The number of ether oxygens (including phenoxy) is 2. The molecule has 0 aromatic heterocycles. The Kier molecular flexibility index (Phi) is 47.5. The molecule has 0 radical (unpaired) electrons. The number of allylic oxidation sites excluding steroid dienone is 10. The molecule has 7 atom stereocenters. The first-order chi connectivity index (χ1) is 34.3. The summed E-state index contributed by atoms with van der Waals surface area (Å²) in [6, 6.07) is -0.724. The maximum absolute atomic E-state index is 13.1. The molecule has 0 saturated carbocycles. The summed E-state index contributed by atoms with van der Waals surface area (Å²) < 4.78 is 11.3. The fraction of sp³-hybridized carbons (Fsp3) is 0.820. The summed E-state index contributed by atoms with van der Waals surface area (Å²) in [4.78, 5) is 13.1. The number of amides is 1.